The van der Waals surface area contributed by atoms with Crippen LogP contribution < -0.4 is 5.73 Å². The molecule has 0 bridgehead atoms. The van der Waals surface area contributed by atoms with Crippen molar-refractivity contribution in [2.75, 3.05) is 0 Å². The molecular weight excluding hydrogens is 362 g/mol. The zero-order valence-corrected chi connectivity index (χ0v) is 14.9. The number of aromatic carboxylic acids is 2. The Kier molecular flexibility index (Phi) is 3.97. The van der Waals surface area contributed by atoms with Crippen molar-refractivity contribution in [3.05, 3.63) is 64.5 Å². The number of tetrazole rings is 1. The summed E-state index contributed by atoms with van der Waals surface area (Å²) in [5, 5.41) is 33.4. The third-order valence-electron chi connectivity index (χ3n) is 5.10. The molecule has 28 heavy (non-hydrogen) atoms. The zero-order valence-electron chi connectivity index (χ0n) is 14.9. The van der Waals surface area contributed by atoms with Gasteiger partial charge in [0.15, 0.2) is 5.82 Å². The lowest BCUT2D eigenvalue weighted by molar-refractivity contribution is 0.0686. The molecule has 9 nitrogen and oxygen atoms in total. The quantitative estimate of drug-likeness (QED) is 0.521. The maximum absolute atomic E-state index is 11.5. The molecule has 9 heteroatoms. The van der Waals surface area contributed by atoms with Crippen molar-refractivity contribution in [3.63, 3.8) is 0 Å². The number of aromatic amines is 1. The van der Waals surface area contributed by atoms with Crippen LogP contribution in [0.5, 0.6) is 0 Å². The first-order chi connectivity index (χ1) is 13.3. The molecule has 4 rings (SSSR count). The lowest BCUT2D eigenvalue weighted by Crippen LogP contribution is -2.35. The van der Waals surface area contributed by atoms with E-state index in [2.05, 4.69) is 20.6 Å². The average molecular weight is 379 g/mol. The van der Waals surface area contributed by atoms with E-state index in [0.29, 0.717) is 23.4 Å². The summed E-state index contributed by atoms with van der Waals surface area (Å²) < 4.78 is 0. The van der Waals surface area contributed by atoms with Crippen molar-refractivity contribution in [1.82, 2.24) is 20.6 Å². The van der Waals surface area contributed by atoms with E-state index >= 15 is 0 Å². The maximum atomic E-state index is 11.5. The first-order valence-electron chi connectivity index (χ1n) is 8.60. The summed E-state index contributed by atoms with van der Waals surface area (Å²) >= 11 is 0. The molecule has 0 spiro atoms. The standard InChI is InChI=1S/C19H17N5O4/c1-9(20)8-19(18-21-23-24-22-18)14-4-2-10(16(25)26)6-12(14)13-7-11(17(27)28)3-5-15(13)19/h2-7,9H,8,20H2,1H3,(H,25,26)(H,27,28)(H,21,22,23,24)/t9-/m0/s1. The maximum Gasteiger partial charge on any atom is 0.335 e. The summed E-state index contributed by atoms with van der Waals surface area (Å²) in [4.78, 5) is 23.0. The number of carbonyl (C=O) groups is 2. The summed E-state index contributed by atoms with van der Waals surface area (Å²) in [6, 6.07) is 9.32. The fourth-order valence-electron chi connectivity index (χ4n) is 4.07. The predicted molar refractivity (Wildman–Crippen MR) is 98.1 cm³/mol. The van der Waals surface area contributed by atoms with Gasteiger partial charge in [0.25, 0.3) is 0 Å². The van der Waals surface area contributed by atoms with Crippen LogP contribution in [0.15, 0.2) is 36.4 Å². The van der Waals surface area contributed by atoms with Gasteiger partial charge >= 0.3 is 11.9 Å². The molecule has 1 atom stereocenters. The molecule has 0 saturated carbocycles. The second-order valence-electron chi connectivity index (χ2n) is 6.95. The Morgan fingerprint density at radius 3 is 2.00 bits per heavy atom. The van der Waals surface area contributed by atoms with Gasteiger partial charge in [0.2, 0.25) is 0 Å². The van der Waals surface area contributed by atoms with Crippen molar-refractivity contribution in [1.29, 1.82) is 0 Å². The van der Waals surface area contributed by atoms with Gasteiger partial charge < -0.3 is 15.9 Å². The van der Waals surface area contributed by atoms with E-state index in [0.717, 1.165) is 11.1 Å². The van der Waals surface area contributed by atoms with Crippen LogP contribution in [0, 0.1) is 0 Å². The molecule has 1 aliphatic carbocycles. The van der Waals surface area contributed by atoms with E-state index in [1.54, 1.807) is 24.3 Å². The molecule has 1 heterocycles. The summed E-state index contributed by atoms with van der Waals surface area (Å²) in [7, 11) is 0. The van der Waals surface area contributed by atoms with Gasteiger partial charge in [0, 0.05) is 6.04 Å². The van der Waals surface area contributed by atoms with Crippen LogP contribution in [-0.2, 0) is 5.41 Å². The molecule has 1 aliphatic rings. The molecule has 0 unspecified atom stereocenters. The molecule has 0 amide bonds. The van der Waals surface area contributed by atoms with Crippen LogP contribution in [0.2, 0.25) is 0 Å². The van der Waals surface area contributed by atoms with E-state index < -0.39 is 17.4 Å². The third kappa shape index (κ3) is 2.48. The van der Waals surface area contributed by atoms with Gasteiger partial charge in [-0.2, -0.15) is 5.21 Å². The van der Waals surface area contributed by atoms with Gasteiger partial charge in [-0.15, -0.1) is 10.2 Å². The van der Waals surface area contributed by atoms with E-state index in [1.807, 2.05) is 6.92 Å². The molecule has 2 aromatic carbocycles. The summed E-state index contributed by atoms with van der Waals surface area (Å²) in [5.74, 6) is -1.73. The highest BCUT2D eigenvalue weighted by Crippen LogP contribution is 2.54. The van der Waals surface area contributed by atoms with E-state index in [4.69, 9.17) is 5.73 Å². The number of H-pyrrole nitrogens is 1. The average Bonchev–Trinajstić information content (AvgIpc) is 3.27. The lowest BCUT2D eigenvalue weighted by atomic mass is 9.73. The zero-order chi connectivity index (χ0) is 20.1. The van der Waals surface area contributed by atoms with Gasteiger partial charge in [-0.1, -0.05) is 17.3 Å². The highest BCUT2D eigenvalue weighted by atomic mass is 16.4. The Morgan fingerprint density at radius 1 is 1.07 bits per heavy atom. The van der Waals surface area contributed by atoms with E-state index in [-0.39, 0.29) is 17.2 Å². The van der Waals surface area contributed by atoms with Crippen molar-refractivity contribution in [2.45, 2.75) is 24.8 Å². The normalized spacial score (nSPS) is 14.9. The van der Waals surface area contributed by atoms with Crippen LogP contribution in [0.3, 0.4) is 0 Å². The number of carboxylic acids is 2. The van der Waals surface area contributed by atoms with Crippen molar-refractivity contribution < 1.29 is 19.8 Å². The van der Waals surface area contributed by atoms with Crippen LogP contribution >= 0.6 is 0 Å². The second-order valence-corrected chi connectivity index (χ2v) is 6.95. The molecular formula is C19H17N5O4. The predicted octanol–water partition coefficient (Wildman–Crippen LogP) is 1.65. The van der Waals surface area contributed by atoms with E-state index in [9.17, 15) is 19.8 Å². The first kappa shape index (κ1) is 17.8. The molecule has 0 saturated heterocycles. The van der Waals surface area contributed by atoms with Crippen molar-refractivity contribution >= 4 is 11.9 Å². The first-order valence-corrected chi connectivity index (χ1v) is 8.60. The van der Waals surface area contributed by atoms with Gasteiger partial charge in [-0.3, -0.25) is 0 Å². The number of carboxylic acid groups (broad SMARTS) is 2. The minimum atomic E-state index is -1.07. The Morgan fingerprint density at radius 2 is 1.61 bits per heavy atom. The number of hydrogen-bond donors (Lipinski definition) is 4. The summed E-state index contributed by atoms with van der Waals surface area (Å²) in [5.41, 5.74) is 8.31. The molecule has 0 radical (unpaired) electrons. The number of nitrogens with two attached hydrogens (primary N) is 1. The number of fused-ring (bicyclic) bond motifs is 3. The fraction of sp³-hybridized carbons (Fsp3) is 0.211. The van der Waals surface area contributed by atoms with Crippen LogP contribution in [0.1, 0.15) is 51.0 Å². The van der Waals surface area contributed by atoms with Crippen molar-refractivity contribution in [3.8, 4) is 11.1 Å². The minimum Gasteiger partial charge on any atom is -0.478 e. The molecule has 1 aromatic heterocycles. The van der Waals surface area contributed by atoms with Crippen LogP contribution in [0.25, 0.3) is 11.1 Å². The van der Waals surface area contributed by atoms with Gasteiger partial charge in [-0.05, 0) is 59.9 Å². The second kappa shape index (κ2) is 6.24. The SMILES string of the molecule is C[C@H](N)CC1(c2nn[nH]n2)c2ccc(C(=O)O)cc2-c2cc(C(=O)O)ccc21. The van der Waals surface area contributed by atoms with Gasteiger partial charge in [0.1, 0.15) is 0 Å². The number of nitrogens with one attached hydrogen (secondary N) is 1. The summed E-state index contributed by atoms with van der Waals surface area (Å²) in [6.45, 7) is 1.86. The Labute approximate surface area is 159 Å². The van der Waals surface area contributed by atoms with Crippen LogP contribution in [0.4, 0.5) is 0 Å². The van der Waals surface area contributed by atoms with Gasteiger partial charge in [0.05, 0.1) is 16.5 Å². The largest absolute Gasteiger partial charge is 0.478 e. The minimum absolute atomic E-state index is 0.107. The Hall–Kier alpha value is -3.59. The fourth-order valence-corrected chi connectivity index (χ4v) is 4.07. The number of aromatic nitrogens is 4. The molecule has 0 aliphatic heterocycles. The van der Waals surface area contributed by atoms with Crippen LogP contribution in [-0.4, -0.2) is 48.8 Å². The number of rotatable bonds is 5. The highest BCUT2D eigenvalue weighted by Gasteiger charge is 2.48. The summed E-state index contributed by atoms with van der Waals surface area (Å²) in [6.07, 6.45) is 0.436. The number of hydrogen-bond acceptors (Lipinski definition) is 6. The molecule has 3 aromatic rings. The molecule has 0 fully saturated rings. The third-order valence-corrected chi connectivity index (χ3v) is 5.10. The molecule has 5 N–H and O–H groups in total. The highest BCUT2D eigenvalue weighted by molar-refractivity contribution is 5.95. The van der Waals surface area contributed by atoms with E-state index in [1.165, 1.54) is 12.1 Å². The number of nitrogens with zero attached hydrogens (tertiary/aromatic N) is 3. The smallest absolute Gasteiger partial charge is 0.335 e. The van der Waals surface area contributed by atoms with Crippen molar-refractivity contribution in [2.24, 2.45) is 5.73 Å². The monoisotopic (exact) mass is 379 g/mol. The number of benzene rings is 2. The topological polar surface area (TPSA) is 155 Å². The lowest BCUT2D eigenvalue weighted by Gasteiger charge is -2.30. The Balaban J connectivity index is 2.10. The Bertz CT molecular complexity index is 1030. The molecule has 142 valence electrons. The van der Waals surface area contributed by atoms with Gasteiger partial charge in [-0.25, -0.2) is 9.59 Å².